The third-order valence-corrected chi connectivity index (χ3v) is 3.32. The molecule has 0 fully saturated rings. The van der Waals surface area contributed by atoms with E-state index in [1.807, 2.05) is 30.3 Å². The van der Waals surface area contributed by atoms with E-state index in [-0.39, 0.29) is 5.56 Å². The van der Waals surface area contributed by atoms with Crippen LogP contribution in [0.25, 0.3) is 10.9 Å². The van der Waals surface area contributed by atoms with E-state index >= 15 is 0 Å². The summed E-state index contributed by atoms with van der Waals surface area (Å²) in [5.41, 5.74) is 1.31. The minimum absolute atomic E-state index is 0.184. The number of halogens is 1. The molecule has 0 unspecified atom stereocenters. The zero-order chi connectivity index (χ0) is 14.8. The molecule has 0 aliphatic carbocycles. The van der Waals surface area contributed by atoms with E-state index in [2.05, 4.69) is 10.1 Å². The summed E-state index contributed by atoms with van der Waals surface area (Å²) in [6, 6.07) is 14.5. The summed E-state index contributed by atoms with van der Waals surface area (Å²) in [6.07, 6.45) is 1.59. The molecule has 5 heteroatoms. The van der Waals surface area contributed by atoms with Crippen LogP contribution in [0.4, 0.5) is 0 Å². The Labute approximate surface area is 126 Å². The molecule has 4 nitrogen and oxygen atoms in total. The lowest BCUT2D eigenvalue weighted by atomic mass is 10.2. The highest BCUT2D eigenvalue weighted by Crippen LogP contribution is 2.10. The normalized spacial score (nSPS) is 11.3. The van der Waals surface area contributed by atoms with Crippen LogP contribution in [0, 0.1) is 6.92 Å². The van der Waals surface area contributed by atoms with Gasteiger partial charge >= 0.3 is 0 Å². The summed E-state index contributed by atoms with van der Waals surface area (Å²) in [7, 11) is 0. The van der Waals surface area contributed by atoms with Gasteiger partial charge in [-0.1, -0.05) is 35.9 Å². The zero-order valence-corrected chi connectivity index (χ0v) is 12.1. The molecule has 0 aliphatic heterocycles. The molecular weight excluding hydrogens is 286 g/mol. The van der Waals surface area contributed by atoms with Crippen LogP contribution in [0.3, 0.4) is 0 Å². The Kier molecular flexibility index (Phi) is 3.54. The topological polar surface area (TPSA) is 47.2 Å². The molecule has 1 aromatic heterocycles. The average Bonchev–Trinajstić information content (AvgIpc) is 2.47. The fraction of sp³-hybridized carbons (Fsp3) is 0.0625. The molecule has 0 radical (unpaired) electrons. The number of nitrogens with zero attached hydrogens (tertiary/aromatic N) is 3. The lowest BCUT2D eigenvalue weighted by Crippen LogP contribution is -2.20. The van der Waals surface area contributed by atoms with Gasteiger partial charge in [0, 0.05) is 5.02 Å². The smallest absolute Gasteiger partial charge is 0.267 e. The Balaban J connectivity index is 2.11. The number of hydrogen-bond donors (Lipinski definition) is 0. The minimum Gasteiger partial charge on any atom is -0.267 e. The van der Waals surface area contributed by atoms with Crippen molar-refractivity contribution in [1.82, 2.24) is 9.66 Å². The molecule has 0 aliphatic rings. The van der Waals surface area contributed by atoms with Gasteiger partial charge in [0.05, 0.1) is 17.1 Å². The van der Waals surface area contributed by atoms with E-state index in [9.17, 15) is 4.79 Å². The molecule has 1 heterocycles. The van der Waals surface area contributed by atoms with Crippen LogP contribution in [0.15, 0.2) is 58.4 Å². The number of fused-ring (bicyclic) bond motifs is 1. The second-order valence-electron chi connectivity index (χ2n) is 4.59. The van der Waals surface area contributed by atoms with Gasteiger partial charge in [0.25, 0.3) is 5.56 Å². The maximum Gasteiger partial charge on any atom is 0.282 e. The predicted octanol–water partition coefficient (Wildman–Crippen LogP) is 3.24. The lowest BCUT2D eigenvalue weighted by Gasteiger charge is -2.05. The van der Waals surface area contributed by atoms with Gasteiger partial charge in [-0.3, -0.25) is 4.79 Å². The van der Waals surface area contributed by atoms with Gasteiger partial charge in [-0.05, 0) is 36.8 Å². The highest BCUT2D eigenvalue weighted by molar-refractivity contribution is 6.30. The summed E-state index contributed by atoms with van der Waals surface area (Å²) in [5.74, 6) is 0.539. The molecule has 0 saturated carbocycles. The Morgan fingerprint density at radius 3 is 2.81 bits per heavy atom. The van der Waals surface area contributed by atoms with Gasteiger partial charge in [-0.15, -0.1) is 0 Å². The third kappa shape index (κ3) is 2.71. The standard InChI is InChI=1S/C16H12ClN3O/c1-11-19-15-8-3-2-7-14(15)16(21)20(11)18-10-12-5-4-6-13(17)9-12/h2-10H,1H3/b18-10-. The second-order valence-corrected chi connectivity index (χ2v) is 5.03. The first kappa shape index (κ1) is 13.5. The Morgan fingerprint density at radius 1 is 1.19 bits per heavy atom. The molecule has 0 spiro atoms. The quantitative estimate of drug-likeness (QED) is 0.682. The van der Waals surface area contributed by atoms with E-state index in [1.165, 1.54) is 4.68 Å². The van der Waals surface area contributed by atoms with E-state index in [0.717, 1.165) is 5.56 Å². The molecular formula is C16H12ClN3O. The van der Waals surface area contributed by atoms with Crippen molar-refractivity contribution in [1.29, 1.82) is 0 Å². The largest absolute Gasteiger partial charge is 0.282 e. The Hall–Kier alpha value is -2.46. The molecule has 0 bridgehead atoms. The van der Waals surface area contributed by atoms with Gasteiger partial charge in [0.1, 0.15) is 5.82 Å². The van der Waals surface area contributed by atoms with E-state index in [4.69, 9.17) is 11.6 Å². The fourth-order valence-electron chi connectivity index (χ4n) is 2.08. The van der Waals surface area contributed by atoms with Crippen molar-refractivity contribution in [2.75, 3.05) is 0 Å². The number of benzene rings is 2. The monoisotopic (exact) mass is 297 g/mol. The highest BCUT2D eigenvalue weighted by Gasteiger charge is 2.06. The Morgan fingerprint density at radius 2 is 2.00 bits per heavy atom. The lowest BCUT2D eigenvalue weighted by molar-refractivity contribution is 0.771. The first-order valence-electron chi connectivity index (χ1n) is 6.43. The molecule has 0 amide bonds. The molecule has 3 aromatic rings. The average molecular weight is 298 g/mol. The van der Waals surface area contributed by atoms with Crippen molar-refractivity contribution in [3.63, 3.8) is 0 Å². The first-order chi connectivity index (χ1) is 10.1. The van der Waals surface area contributed by atoms with Crippen LogP contribution in [-0.4, -0.2) is 15.9 Å². The second kappa shape index (κ2) is 5.50. The highest BCUT2D eigenvalue weighted by atomic mass is 35.5. The number of aryl methyl sites for hydroxylation is 1. The molecule has 21 heavy (non-hydrogen) atoms. The van der Waals surface area contributed by atoms with Crippen LogP contribution in [0.1, 0.15) is 11.4 Å². The third-order valence-electron chi connectivity index (χ3n) is 3.09. The minimum atomic E-state index is -0.184. The van der Waals surface area contributed by atoms with Gasteiger partial charge in [0.2, 0.25) is 0 Å². The van der Waals surface area contributed by atoms with Crippen molar-refractivity contribution >= 4 is 28.7 Å². The van der Waals surface area contributed by atoms with E-state index in [1.54, 1.807) is 31.3 Å². The first-order valence-corrected chi connectivity index (χ1v) is 6.81. The number of aromatic nitrogens is 2. The van der Waals surface area contributed by atoms with E-state index in [0.29, 0.717) is 21.7 Å². The molecule has 104 valence electrons. The molecule has 0 atom stereocenters. The van der Waals surface area contributed by atoms with Gasteiger partial charge in [0.15, 0.2) is 0 Å². The number of hydrogen-bond acceptors (Lipinski definition) is 3. The summed E-state index contributed by atoms with van der Waals surface area (Å²) < 4.78 is 1.29. The van der Waals surface area contributed by atoms with Crippen molar-refractivity contribution in [2.24, 2.45) is 5.10 Å². The molecule has 0 saturated heterocycles. The zero-order valence-electron chi connectivity index (χ0n) is 11.3. The van der Waals surface area contributed by atoms with Gasteiger partial charge < -0.3 is 0 Å². The van der Waals surface area contributed by atoms with Crippen molar-refractivity contribution < 1.29 is 0 Å². The summed E-state index contributed by atoms with van der Waals surface area (Å²) >= 11 is 5.92. The summed E-state index contributed by atoms with van der Waals surface area (Å²) in [6.45, 7) is 1.75. The van der Waals surface area contributed by atoms with Crippen molar-refractivity contribution in [2.45, 2.75) is 6.92 Å². The maximum atomic E-state index is 12.4. The summed E-state index contributed by atoms with van der Waals surface area (Å²) in [4.78, 5) is 16.8. The molecule has 2 aromatic carbocycles. The predicted molar refractivity (Wildman–Crippen MR) is 85.2 cm³/mol. The van der Waals surface area contributed by atoms with Crippen LogP contribution in [0.5, 0.6) is 0 Å². The van der Waals surface area contributed by atoms with Crippen LogP contribution < -0.4 is 5.56 Å². The van der Waals surface area contributed by atoms with Gasteiger partial charge in [-0.25, -0.2) is 4.98 Å². The van der Waals surface area contributed by atoms with E-state index < -0.39 is 0 Å². The van der Waals surface area contributed by atoms with Crippen molar-refractivity contribution in [3.8, 4) is 0 Å². The molecule has 0 N–H and O–H groups in total. The molecule has 3 rings (SSSR count). The fourth-order valence-corrected chi connectivity index (χ4v) is 2.28. The SMILES string of the molecule is Cc1nc2ccccc2c(=O)n1/N=C\c1cccc(Cl)c1. The number of rotatable bonds is 2. The summed E-state index contributed by atoms with van der Waals surface area (Å²) in [5, 5.41) is 5.40. The number of para-hydroxylation sites is 1. The maximum absolute atomic E-state index is 12.4. The van der Waals surface area contributed by atoms with Crippen LogP contribution >= 0.6 is 11.6 Å². The van der Waals surface area contributed by atoms with Crippen molar-refractivity contribution in [3.05, 3.63) is 75.3 Å². The van der Waals surface area contributed by atoms with Gasteiger partial charge in [-0.2, -0.15) is 9.78 Å². The van der Waals surface area contributed by atoms with Crippen LogP contribution in [0.2, 0.25) is 5.02 Å². The Bertz CT molecular complexity index is 899. The van der Waals surface area contributed by atoms with Crippen LogP contribution in [-0.2, 0) is 0 Å².